The van der Waals surface area contributed by atoms with E-state index in [0.29, 0.717) is 13.0 Å². The molecule has 2 saturated heterocycles. The highest BCUT2D eigenvalue weighted by Gasteiger charge is 2.15. The van der Waals surface area contributed by atoms with E-state index < -0.39 is 0 Å². The number of rotatable bonds is 2. The third-order valence-electron chi connectivity index (χ3n) is 3.57. The molecular formula is C20H31NO3. The largest absolute Gasteiger partial charge is 0.495 e. The van der Waals surface area contributed by atoms with Crippen molar-refractivity contribution in [1.29, 1.82) is 0 Å². The third kappa shape index (κ3) is 7.92. The molecule has 0 aliphatic carbocycles. The number of carbonyl (C=O) groups is 1. The Hall–Kier alpha value is -2.15. The van der Waals surface area contributed by atoms with Gasteiger partial charge >= 0.3 is 5.97 Å². The second kappa shape index (κ2) is 14.4. The van der Waals surface area contributed by atoms with Crippen molar-refractivity contribution >= 4 is 11.7 Å². The van der Waals surface area contributed by atoms with Gasteiger partial charge in [-0.05, 0) is 37.8 Å². The second-order valence-electron chi connectivity index (χ2n) is 5.04. The molecule has 0 unspecified atom stereocenters. The number of hydrogen-bond donors (Lipinski definition) is 0. The minimum absolute atomic E-state index is 0.0359. The summed E-state index contributed by atoms with van der Waals surface area (Å²) in [5.41, 5.74) is 1.24. The Morgan fingerprint density at radius 3 is 2.12 bits per heavy atom. The molecule has 2 aliphatic heterocycles. The first-order valence-electron chi connectivity index (χ1n) is 8.68. The third-order valence-corrected chi connectivity index (χ3v) is 3.57. The highest BCUT2D eigenvalue weighted by molar-refractivity contribution is 5.69. The van der Waals surface area contributed by atoms with Gasteiger partial charge in [-0.25, -0.2) is 0 Å². The SMILES string of the molecule is C#C.CC.COc1ccccc1N1CCCC1.O=C1CCCCO1. The minimum Gasteiger partial charge on any atom is -0.495 e. The highest BCUT2D eigenvalue weighted by atomic mass is 16.5. The average Bonchev–Trinajstić information content (AvgIpc) is 3.21. The second-order valence-corrected chi connectivity index (χ2v) is 5.04. The van der Waals surface area contributed by atoms with Crippen molar-refractivity contribution in [3.8, 4) is 18.6 Å². The summed E-state index contributed by atoms with van der Waals surface area (Å²) in [6, 6.07) is 8.23. The van der Waals surface area contributed by atoms with Gasteiger partial charge in [-0.3, -0.25) is 4.79 Å². The molecule has 0 amide bonds. The van der Waals surface area contributed by atoms with Crippen LogP contribution in [0.2, 0.25) is 0 Å². The van der Waals surface area contributed by atoms with Gasteiger partial charge in [0.05, 0.1) is 19.4 Å². The van der Waals surface area contributed by atoms with Crippen LogP contribution >= 0.6 is 0 Å². The van der Waals surface area contributed by atoms with Crippen LogP contribution in [0, 0.1) is 12.8 Å². The number of para-hydroxylation sites is 2. The topological polar surface area (TPSA) is 38.8 Å². The fourth-order valence-corrected chi connectivity index (χ4v) is 2.48. The number of esters is 1. The van der Waals surface area contributed by atoms with Crippen LogP contribution in [0.4, 0.5) is 5.69 Å². The van der Waals surface area contributed by atoms with Crippen LogP contribution in [0.5, 0.6) is 5.75 Å². The van der Waals surface area contributed by atoms with Crippen LogP contribution in [0.1, 0.15) is 46.0 Å². The van der Waals surface area contributed by atoms with E-state index >= 15 is 0 Å². The Balaban J connectivity index is 0.000000408. The van der Waals surface area contributed by atoms with Crippen molar-refractivity contribution < 1.29 is 14.3 Å². The zero-order valence-electron chi connectivity index (χ0n) is 15.3. The molecular weight excluding hydrogens is 302 g/mol. The van der Waals surface area contributed by atoms with Crippen molar-refractivity contribution in [3.63, 3.8) is 0 Å². The fraction of sp³-hybridized carbons (Fsp3) is 0.550. The lowest BCUT2D eigenvalue weighted by atomic mass is 10.2. The smallest absolute Gasteiger partial charge is 0.305 e. The molecule has 0 saturated carbocycles. The molecule has 3 rings (SSSR count). The maximum atomic E-state index is 10.2. The number of anilines is 1. The van der Waals surface area contributed by atoms with Crippen LogP contribution in [0.15, 0.2) is 24.3 Å². The monoisotopic (exact) mass is 333 g/mol. The van der Waals surface area contributed by atoms with E-state index in [9.17, 15) is 4.79 Å². The van der Waals surface area contributed by atoms with E-state index in [1.807, 2.05) is 26.0 Å². The van der Waals surface area contributed by atoms with Crippen molar-refractivity contribution in [2.45, 2.75) is 46.0 Å². The van der Waals surface area contributed by atoms with Crippen LogP contribution in [-0.2, 0) is 9.53 Å². The Bertz CT molecular complexity index is 457. The molecule has 0 atom stereocenters. The number of methoxy groups -OCH3 is 1. The van der Waals surface area contributed by atoms with E-state index in [4.69, 9.17) is 4.74 Å². The molecule has 4 heteroatoms. The highest BCUT2D eigenvalue weighted by Crippen LogP contribution is 2.29. The Morgan fingerprint density at radius 1 is 1.04 bits per heavy atom. The van der Waals surface area contributed by atoms with Gasteiger partial charge in [-0.1, -0.05) is 26.0 Å². The Labute approximate surface area is 147 Å². The molecule has 1 aromatic rings. The lowest BCUT2D eigenvalue weighted by molar-refractivity contribution is -0.146. The van der Waals surface area contributed by atoms with Gasteiger partial charge < -0.3 is 14.4 Å². The van der Waals surface area contributed by atoms with Crippen molar-refractivity contribution in [2.75, 3.05) is 31.7 Å². The molecule has 2 heterocycles. The summed E-state index contributed by atoms with van der Waals surface area (Å²) in [7, 11) is 1.73. The Morgan fingerprint density at radius 2 is 1.67 bits per heavy atom. The molecule has 0 radical (unpaired) electrons. The van der Waals surface area contributed by atoms with Crippen molar-refractivity contribution in [1.82, 2.24) is 0 Å². The molecule has 2 aliphatic rings. The van der Waals surface area contributed by atoms with Gasteiger partial charge in [0.15, 0.2) is 0 Å². The quantitative estimate of drug-likeness (QED) is 0.598. The zero-order valence-corrected chi connectivity index (χ0v) is 15.3. The van der Waals surface area contributed by atoms with Gasteiger partial charge in [0.25, 0.3) is 0 Å². The molecule has 0 N–H and O–H groups in total. The summed E-state index contributed by atoms with van der Waals surface area (Å²) in [6.45, 7) is 6.97. The summed E-state index contributed by atoms with van der Waals surface area (Å²) in [5, 5.41) is 0. The van der Waals surface area contributed by atoms with Crippen LogP contribution < -0.4 is 9.64 Å². The first kappa shape index (κ1) is 21.9. The number of hydrogen-bond acceptors (Lipinski definition) is 4. The first-order valence-corrected chi connectivity index (χ1v) is 8.68. The number of nitrogens with zero attached hydrogens (tertiary/aromatic N) is 1. The van der Waals surface area contributed by atoms with Crippen LogP contribution in [-0.4, -0.2) is 32.8 Å². The van der Waals surface area contributed by atoms with Gasteiger partial charge in [-0.2, -0.15) is 0 Å². The van der Waals surface area contributed by atoms with Crippen LogP contribution in [0.3, 0.4) is 0 Å². The molecule has 1 aromatic carbocycles. The summed E-state index contributed by atoms with van der Waals surface area (Å²) in [4.78, 5) is 12.6. The normalized spacial score (nSPS) is 15.4. The summed E-state index contributed by atoms with van der Waals surface area (Å²) in [5.74, 6) is 0.954. The van der Waals surface area contributed by atoms with Crippen molar-refractivity contribution in [3.05, 3.63) is 24.3 Å². The van der Waals surface area contributed by atoms with E-state index in [0.717, 1.165) is 18.6 Å². The Kier molecular flexibility index (Phi) is 13.1. The number of carbonyl (C=O) groups excluding carboxylic acids is 1. The maximum absolute atomic E-state index is 10.2. The average molecular weight is 333 g/mol. The van der Waals surface area contributed by atoms with E-state index in [2.05, 4.69) is 34.6 Å². The van der Waals surface area contributed by atoms with E-state index in [1.165, 1.54) is 31.6 Å². The predicted octanol–water partition coefficient (Wildman–Crippen LogP) is 4.28. The summed E-state index contributed by atoms with van der Waals surface area (Å²) < 4.78 is 9.95. The first-order chi connectivity index (χ1) is 11.8. The van der Waals surface area contributed by atoms with Gasteiger partial charge in [-0.15, -0.1) is 12.8 Å². The zero-order chi connectivity index (χ0) is 18.2. The van der Waals surface area contributed by atoms with Gasteiger partial charge in [0, 0.05) is 19.5 Å². The van der Waals surface area contributed by atoms with Gasteiger partial charge in [0.1, 0.15) is 5.75 Å². The van der Waals surface area contributed by atoms with Crippen LogP contribution in [0.25, 0.3) is 0 Å². The number of terminal acetylenes is 1. The lowest BCUT2D eigenvalue weighted by Crippen LogP contribution is -2.18. The summed E-state index contributed by atoms with van der Waals surface area (Å²) in [6.07, 6.45) is 13.3. The minimum atomic E-state index is -0.0359. The molecule has 24 heavy (non-hydrogen) atoms. The lowest BCUT2D eigenvalue weighted by Gasteiger charge is -2.19. The number of ether oxygens (including phenoxy) is 2. The number of benzene rings is 1. The molecule has 2 fully saturated rings. The van der Waals surface area contributed by atoms with E-state index in [-0.39, 0.29) is 5.97 Å². The molecule has 4 nitrogen and oxygen atoms in total. The molecule has 0 aromatic heterocycles. The van der Waals surface area contributed by atoms with E-state index in [1.54, 1.807) is 7.11 Å². The molecule has 0 spiro atoms. The molecule has 134 valence electrons. The van der Waals surface area contributed by atoms with Crippen molar-refractivity contribution in [2.24, 2.45) is 0 Å². The molecule has 0 bridgehead atoms. The van der Waals surface area contributed by atoms with Gasteiger partial charge in [0.2, 0.25) is 0 Å². The summed E-state index contributed by atoms with van der Waals surface area (Å²) >= 11 is 0. The fourth-order valence-electron chi connectivity index (χ4n) is 2.48. The predicted molar refractivity (Wildman–Crippen MR) is 100 cm³/mol. The maximum Gasteiger partial charge on any atom is 0.305 e. The number of cyclic esters (lactones) is 1. The standard InChI is InChI=1S/C11H15NO.C5H8O2.C2H6.C2H2/c1-13-11-7-3-2-6-10(11)12-8-4-5-9-12;6-5-3-1-2-4-7-5;2*1-2/h2-3,6-7H,4-5,8-9H2,1H3;1-4H2;1-2H3;1-2H.